The zero-order chi connectivity index (χ0) is 16.5. The lowest BCUT2D eigenvalue weighted by Gasteiger charge is -2.12. The average molecular weight is 302 g/mol. The molecule has 0 unspecified atom stereocenters. The predicted octanol–water partition coefficient (Wildman–Crippen LogP) is 3.19. The Morgan fingerprint density at radius 1 is 1.27 bits per heavy atom. The van der Waals surface area contributed by atoms with E-state index < -0.39 is 0 Å². The maximum absolute atomic E-state index is 12.1. The molecule has 120 valence electrons. The van der Waals surface area contributed by atoms with E-state index >= 15 is 0 Å². The van der Waals surface area contributed by atoms with Crippen LogP contribution in [0.4, 0.5) is 0 Å². The average Bonchev–Trinajstić information content (AvgIpc) is 2.52. The summed E-state index contributed by atoms with van der Waals surface area (Å²) in [5.74, 6) is -0.152. The second kappa shape index (κ2) is 9.03. The van der Waals surface area contributed by atoms with Crippen molar-refractivity contribution in [3.63, 3.8) is 0 Å². The van der Waals surface area contributed by atoms with Crippen molar-refractivity contribution in [1.29, 1.82) is 0 Å². The molecule has 2 amide bonds. The fourth-order valence-electron chi connectivity index (χ4n) is 1.95. The lowest BCUT2D eigenvalue weighted by molar-refractivity contribution is -0.117. The topological polar surface area (TPSA) is 58.2 Å². The van der Waals surface area contributed by atoms with Crippen molar-refractivity contribution in [2.24, 2.45) is 0 Å². The molecule has 22 heavy (non-hydrogen) atoms. The summed E-state index contributed by atoms with van der Waals surface area (Å²) < 4.78 is 0. The molecule has 4 nitrogen and oxygen atoms in total. The Hall–Kier alpha value is -2.10. The van der Waals surface area contributed by atoms with Crippen LogP contribution in [0, 0.1) is 0 Å². The maximum Gasteiger partial charge on any atom is 0.251 e. The van der Waals surface area contributed by atoms with Gasteiger partial charge in [-0.05, 0) is 44.4 Å². The summed E-state index contributed by atoms with van der Waals surface area (Å²) in [6.07, 6.45) is 3.63. The summed E-state index contributed by atoms with van der Waals surface area (Å²) in [5, 5.41) is 5.80. The van der Waals surface area contributed by atoms with Gasteiger partial charge in [-0.2, -0.15) is 0 Å². The number of benzene rings is 1. The normalized spacial score (nSPS) is 12.6. The van der Waals surface area contributed by atoms with E-state index in [9.17, 15) is 9.59 Å². The highest BCUT2D eigenvalue weighted by Crippen LogP contribution is 2.07. The number of allylic oxidation sites excluding steroid dienone is 1. The van der Waals surface area contributed by atoms with E-state index in [1.807, 2.05) is 45.0 Å². The monoisotopic (exact) mass is 302 g/mol. The summed E-state index contributed by atoms with van der Waals surface area (Å²) in [4.78, 5) is 23.9. The van der Waals surface area contributed by atoms with Crippen molar-refractivity contribution in [3.8, 4) is 0 Å². The van der Waals surface area contributed by atoms with Crippen molar-refractivity contribution < 1.29 is 9.59 Å². The van der Waals surface area contributed by atoms with Gasteiger partial charge in [0.25, 0.3) is 5.91 Å². The number of amides is 2. The van der Waals surface area contributed by atoms with E-state index in [1.165, 1.54) is 0 Å². The molecule has 0 bridgehead atoms. The third kappa shape index (κ3) is 5.72. The fourth-order valence-corrected chi connectivity index (χ4v) is 1.95. The molecular formula is C18H26N2O2. The zero-order valence-electron chi connectivity index (χ0n) is 13.9. The second-order valence-corrected chi connectivity index (χ2v) is 5.46. The first-order valence-electron chi connectivity index (χ1n) is 7.82. The molecule has 0 saturated heterocycles. The van der Waals surface area contributed by atoms with Crippen LogP contribution in [0.2, 0.25) is 0 Å². The van der Waals surface area contributed by atoms with E-state index in [0.29, 0.717) is 17.7 Å². The Balaban J connectivity index is 2.67. The first-order valence-corrected chi connectivity index (χ1v) is 7.82. The van der Waals surface area contributed by atoms with Crippen LogP contribution in [0.3, 0.4) is 0 Å². The Kier molecular flexibility index (Phi) is 7.37. The number of rotatable bonds is 7. The van der Waals surface area contributed by atoms with Gasteiger partial charge in [-0.25, -0.2) is 0 Å². The Morgan fingerprint density at radius 2 is 2.00 bits per heavy atom. The Morgan fingerprint density at radius 3 is 2.64 bits per heavy atom. The Labute approximate surface area is 133 Å². The van der Waals surface area contributed by atoms with Gasteiger partial charge in [0.1, 0.15) is 0 Å². The molecule has 0 aliphatic heterocycles. The van der Waals surface area contributed by atoms with Crippen molar-refractivity contribution in [2.75, 3.05) is 0 Å². The van der Waals surface area contributed by atoms with Crippen molar-refractivity contribution in [1.82, 2.24) is 10.6 Å². The quantitative estimate of drug-likeness (QED) is 0.760. The third-order valence-electron chi connectivity index (χ3n) is 3.50. The predicted molar refractivity (Wildman–Crippen MR) is 89.6 cm³/mol. The molecule has 1 aromatic carbocycles. The highest BCUT2D eigenvalue weighted by molar-refractivity contribution is 5.94. The minimum Gasteiger partial charge on any atom is -0.350 e. The molecule has 0 heterocycles. The summed E-state index contributed by atoms with van der Waals surface area (Å²) in [7, 11) is 0. The zero-order valence-corrected chi connectivity index (χ0v) is 13.9. The molecule has 0 aliphatic carbocycles. The third-order valence-corrected chi connectivity index (χ3v) is 3.50. The second-order valence-electron chi connectivity index (χ2n) is 5.46. The molecule has 2 N–H and O–H groups in total. The standard InChI is InChI=1S/C18H26N2O2/c1-5-8-13(3)17(21)19-12-15-9-7-10-16(11-15)18(22)20-14(4)6-2/h7-11,14H,5-6,12H2,1-4H3,(H,19,21)(H,20,22)/b13-8+/t14-/m1/s1. The van der Waals surface area contributed by atoms with Gasteiger partial charge >= 0.3 is 0 Å². The Bertz CT molecular complexity index is 550. The van der Waals surface area contributed by atoms with Crippen molar-refractivity contribution in [3.05, 3.63) is 47.0 Å². The molecule has 0 aromatic heterocycles. The van der Waals surface area contributed by atoms with Crippen LogP contribution in [0.5, 0.6) is 0 Å². The van der Waals surface area contributed by atoms with Crippen molar-refractivity contribution >= 4 is 11.8 Å². The van der Waals surface area contributed by atoms with Gasteiger partial charge in [0.15, 0.2) is 0 Å². The SMILES string of the molecule is CC/C=C(\C)C(=O)NCc1cccc(C(=O)N[C@H](C)CC)c1. The number of hydrogen-bond acceptors (Lipinski definition) is 2. The van der Waals surface area contributed by atoms with Crippen LogP contribution < -0.4 is 10.6 Å². The minimum absolute atomic E-state index is 0.0729. The summed E-state index contributed by atoms with van der Waals surface area (Å²) in [6.45, 7) is 8.22. The summed E-state index contributed by atoms with van der Waals surface area (Å²) in [6, 6.07) is 7.49. The molecule has 0 spiro atoms. The molecule has 0 radical (unpaired) electrons. The highest BCUT2D eigenvalue weighted by Gasteiger charge is 2.09. The highest BCUT2D eigenvalue weighted by atomic mass is 16.2. The lowest BCUT2D eigenvalue weighted by Crippen LogP contribution is -2.32. The summed E-state index contributed by atoms with van der Waals surface area (Å²) >= 11 is 0. The number of carbonyl (C=O) groups is 2. The van der Waals surface area contributed by atoms with Gasteiger partial charge in [-0.15, -0.1) is 0 Å². The smallest absolute Gasteiger partial charge is 0.251 e. The van der Waals surface area contributed by atoms with E-state index in [1.54, 1.807) is 13.0 Å². The first kappa shape index (κ1) is 18.0. The molecule has 4 heteroatoms. The fraction of sp³-hybridized carbons (Fsp3) is 0.444. The molecule has 1 aromatic rings. The van der Waals surface area contributed by atoms with E-state index in [0.717, 1.165) is 18.4 Å². The van der Waals surface area contributed by atoms with Gasteiger partial charge in [0, 0.05) is 23.7 Å². The molecule has 1 atom stereocenters. The van der Waals surface area contributed by atoms with E-state index in [2.05, 4.69) is 10.6 Å². The van der Waals surface area contributed by atoms with Crippen LogP contribution in [-0.2, 0) is 11.3 Å². The van der Waals surface area contributed by atoms with E-state index in [-0.39, 0.29) is 17.9 Å². The molecule has 0 saturated carbocycles. The van der Waals surface area contributed by atoms with Gasteiger partial charge in [-0.3, -0.25) is 9.59 Å². The van der Waals surface area contributed by atoms with Crippen LogP contribution in [0.15, 0.2) is 35.9 Å². The number of nitrogens with one attached hydrogen (secondary N) is 2. The molecule has 1 rings (SSSR count). The maximum atomic E-state index is 12.1. The largest absolute Gasteiger partial charge is 0.350 e. The molecule has 0 fully saturated rings. The number of hydrogen-bond donors (Lipinski definition) is 2. The van der Waals surface area contributed by atoms with Gasteiger partial charge < -0.3 is 10.6 Å². The van der Waals surface area contributed by atoms with E-state index in [4.69, 9.17) is 0 Å². The first-order chi connectivity index (χ1) is 10.5. The number of carbonyl (C=O) groups excluding carboxylic acids is 2. The van der Waals surface area contributed by atoms with Crippen molar-refractivity contribution in [2.45, 2.75) is 53.1 Å². The van der Waals surface area contributed by atoms with Gasteiger partial charge in [-0.1, -0.05) is 32.1 Å². The lowest BCUT2D eigenvalue weighted by atomic mass is 10.1. The summed E-state index contributed by atoms with van der Waals surface area (Å²) in [5.41, 5.74) is 2.25. The van der Waals surface area contributed by atoms with Gasteiger partial charge in [0.2, 0.25) is 5.91 Å². The van der Waals surface area contributed by atoms with Crippen LogP contribution >= 0.6 is 0 Å². The molecular weight excluding hydrogens is 276 g/mol. The minimum atomic E-state index is -0.0791. The van der Waals surface area contributed by atoms with Crippen LogP contribution in [0.1, 0.15) is 56.5 Å². The van der Waals surface area contributed by atoms with Crippen LogP contribution in [0.25, 0.3) is 0 Å². The molecule has 0 aliphatic rings. The van der Waals surface area contributed by atoms with Gasteiger partial charge in [0.05, 0.1) is 0 Å². The van der Waals surface area contributed by atoms with Crippen LogP contribution in [-0.4, -0.2) is 17.9 Å².